The molecule has 0 aliphatic rings. The summed E-state index contributed by atoms with van der Waals surface area (Å²) in [5.74, 6) is 1.26. The Hall–Kier alpha value is -1.24. The maximum Gasteiger partial charge on any atom is 0.188 e. The molecule has 3 N–H and O–H groups in total. The second-order valence-electron chi connectivity index (χ2n) is 4.14. The molecule has 0 spiro atoms. The van der Waals surface area contributed by atoms with Crippen molar-refractivity contribution in [3.8, 4) is 5.75 Å². The lowest BCUT2D eigenvalue weighted by Crippen LogP contribution is -2.32. The molecule has 1 aromatic rings. The van der Waals surface area contributed by atoms with Crippen LogP contribution in [0.25, 0.3) is 0 Å². The first-order valence-electron chi connectivity index (χ1n) is 6.00. The number of aliphatic imine (C=N–C) groups is 1. The molecule has 0 aliphatic heterocycles. The van der Waals surface area contributed by atoms with Gasteiger partial charge >= 0.3 is 0 Å². The molecular weight excluding hydrogens is 353 g/mol. The van der Waals surface area contributed by atoms with Crippen molar-refractivity contribution >= 4 is 29.9 Å². The molecule has 5 heteroatoms. The number of nitrogens with zero attached hydrogens (tertiary/aromatic N) is 1. The summed E-state index contributed by atoms with van der Waals surface area (Å²) in [5, 5.41) is 2.91. The van der Waals surface area contributed by atoms with E-state index in [1.807, 2.05) is 38.1 Å². The third-order valence-electron chi connectivity index (χ3n) is 2.30. The summed E-state index contributed by atoms with van der Waals surface area (Å²) in [4.78, 5) is 4.19. The topological polar surface area (TPSA) is 59.6 Å². The zero-order chi connectivity index (χ0) is 13.4. The van der Waals surface area contributed by atoms with E-state index in [-0.39, 0.29) is 30.1 Å². The smallest absolute Gasteiger partial charge is 0.188 e. The Labute approximate surface area is 132 Å². The van der Waals surface area contributed by atoms with E-state index < -0.39 is 0 Å². The van der Waals surface area contributed by atoms with Crippen molar-refractivity contribution in [2.45, 2.75) is 20.0 Å². The quantitative estimate of drug-likeness (QED) is 0.348. The summed E-state index contributed by atoms with van der Waals surface area (Å²) in [6.07, 6.45) is 1.71. The predicted octanol–water partition coefficient (Wildman–Crippen LogP) is 2.47. The van der Waals surface area contributed by atoms with Gasteiger partial charge in [-0.15, -0.1) is 30.6 Å². The Morgan fingerprint density at radius 1 is 1.47 bits per heavy atom. The van der Waals surface area contributed by atoms with Gasteiger partial charge in [-0.25, -0.2) is 4.99 Å². The molecule has 0 amide bonds. The summed E-state index contributed by atoms with van der Waals surface area (Å²) in [6, 6.07) is 7.94. The molecule has 0 bridgehead atoms. The van der Waals surface area contributed by atoms with Gasteiger partial charge in [-0.05, 0) is 26.0 Å². The van der Waals surface area contributed by atoms with Gasteiger partial charge in [0.15, 0.2) is 5.96 Å². The fourth-order valence-corrected chi connectivity index (χ4v) is 1.35. The molecule has 0 aromatic heterocycles. The van der Waals surface area contributed by atoms with Gasteiger partial charge in [-0.3, -0.25) is 0 Å². The van der Waals surface area contributed by atoms with Crippen molar-refractivity contribution in [3.05, 3.63) is 42.5 Å². The van der Waals surface area contributed by atoms with E-state index in [9.17, 15) is 0 Å². The minimum atomic E-state index is -0.0169. The van der Waals surface area contributed by atoms with E-state index in [4.69, 9.17) is 10.5 Å². The normalized spacial score (nSPS) is 12.2. The zero-order valence-corrected chi connectivity index (χ0v) is 13.8. The molecule has 0 aliphatic carbocycles. The number of guanidine groups is 1. The summed E-state index contributed by atoms with van der Waals surface area (Å²) in [7, 11) is 0. The minimum absolute atomic E-state index is 0. The van der Waals surface area contributed by atoms with Gasteiger partial charge in [0.1, 0.15) is 11.9 Å². The molecule has 1 rings (SSSR count). The molecule has 0 radical (unpaired) electrons. The lowest BCUT2D eigenvalue weighted by Gasteiger charge is -2.13. The number of ether oxygens (including phenoxy) is 1. The van der Waals surface area contributed by atoms with Crippen LogP contribution >= 0.6 is 24.0 Å². The molecule has 106 valence electrons. The molecule has 4 nitrogen and oxygen atoms in total. The van der Waals surface area contributed by atoms with Crippen LogP contribution in [0.3, 0.4) is 0 Å². The van der Waals surface area contributed by atoms with Gasteiger partial charge in [-0.1, -0.05) is 23.8 Å². The van der Waals surface area contributed by atoms with Gasteiger partial charge in [0, 0.05) is 6.54 Å². The number of rotatable bonds is 6. The Balaban J connectivity index is 0.00000324. The van der Waals surface area contributed by atoms with Crippen LogP contribution in [0.5, 0.6) is 5.75 Å². The van der Waals surface area contributed by atoms with Crippen molar-refractivity contribution in [2.75, 3.05) is 13.1 Å². The Bertz CT molecular complexity index is 404. The largest absolute Gasteiger partial charge is 0.489 e. The van der Waals surface area contributed by atoms with E-state index in [1.165, 1.54) is 5.56 Å². The highest BCUT2D eigenvalue weighted by Crippen LogP contribution is 2.13. The molecule has 0 heterocycles. The molecule has 0 saturated carbocycles. The molecule has 19 heavy (non-hydrogen) atoms. The van der Waals surface area contributed by atoms with E-state index in [0.29, 0.717) is 19.0 Å². The van der Waals surface area contributed by atoms with Gasteiger partial charge < -0.3 is 15.8 Å². The van der Waals surface area contributed by atoms with Crippen molar-refractivity contribution < 1.29 is 4.74 Å². The van der Waals surface area contributed by atoms with Crippen molar-refractivity contribution in [1.29, 1.82) is 0 Å². The fourth-order valence-electron chi connectivity index (χ4n) is 1.35. The first kappa shape index (κ1) is 17.8. The van der Waals surface area contributed by atoms with Crippen LogP contribution in [-0.4, -0.2) is 25.2 Å². The molecule has 1 atom stereocenters. The average Bonchev–Trinajstić information content (AvgIpc) is 2.36. The summed E-state index contributed by atoms with van der Waals surface area (Å²) < 4.78 is 5.71. The Morgan fingerprint density at radius 2 is 2.11 bits per heavy atom. The van der Waals surface area contributed by atoms with Crippen molar-refractivity contribution in [3.63, 3.8) is 0 Å². The summed E-state index contributed by atoms with van der Waals surface area (Å²) in [5.41, 5.74) is 6.87. The lowest BCUT2D eigenvalue weighted by molar-refractivity contribution is 0.230. The first-order chi connectivity index (χ1) is 8.61. The molecule has 1 aromatic carbocycles. The van der Waals surface area contributed by atoms with Crippen LogP contribution in [0.15, 0.2) is 41.9 Å². The van der Waals surface area contributed by atoms with E-state index >= 15 is 0 Å². The predicted molar refractivity (Wildman–Crippen MR) is 91.4 cm³/mol. The Kier molecular flexibility index (Phi) is 9.03. The SMILES string of the molecule is C=CCNC(N)=NCC(C)Oc1ccc(C)cc1.I. The monoisotopic (exact) mass is 375 g/mol. The van der Waals surface area contributed by atoms with Crippen LogP contribution in [-0.2, 0) is 0 Å². The third kappa shape index (κ3) is 7.71. The lowest BCUT2D eigenvalue weighted by atomic mass is 10.2. The number of benzene rings is 1. The number of nitrogens with two attached hydrogens (primary N) is 1. The third-order valence-corrected chi connectivity index (χ3v) is 2.30. The van der Waals surface area contributed by atoms with Crippen LogP contribution in [0, 0.1) is 6.92 Å². The van der Waals surface area contributed by atoms with Crippen molar-refractivity contribution in [1.82, 2.24) is 5.32 Å². The van der Waals surface area contributed by atoms with Crippen LogP contribution in [0.1, 0.15) is 12.5 Å². The number of nitrogens with one attached hydrogen (secondary N) is 1. The number of hydrogen-bond donors (Lipinski definition) is 2. The van der Waals surface area contributed by atoms with Crippen LogP contribution < -0.4 is 15.8 Å². The summed E-state index contributed by atoms with van der Waals surface area (Å²) >= 11 is 0. The van der Waals surface area contributed by atoms with E-state index in [1.54, 1.807) is 6.08 Å². The maximum absolute atomic E-state index is 5.71. The maximum atomic E-state index is 5.71. The molecule has 0 fully saturated rings. The van der Waals surface area contributed by atoms with Crippen LogP contribution in [0.2, 0.25) is 0 Å². The summed E-state index contributed by atoms with van der Waals surface area (Å²) in [6.45, 7) is 8.73. The molecule has 0 saturated heterocycles. The Morgan fingerprint density at radius 3 is 2.68 bits per heavy atom. The first-order valence-corrected chi connectivity index (χ1v) is 6.00. The van der Waals surface area contributed by atoms with E-state index in [2.05, 4.69) is 16.9 Å². The standard InChI is InChI=1S/C14H21N3O.HI/c1-4-9-16-14(15)17-10-12(3)18-13-7-5-11(2)6-8-13;/h4-8,12H,1,9-10H2,2-3H3,(H3,15,16,17);1H. The van der Waals surface area contributed by atoms with Gasteiger partial charge in [0.05, 0.1) is 6.54 Å². The second-order valence-corrected chi connectivity index (χ2v) is 4.14. The zero-order valence-electron chi connectivity index (χ0n) is 11.4. The highest BCUT2D eigenvalue weighted by Gasteiger charge is 2.03. The number of aryl methyl sites for hydroxylation is 1. The molecular formula is C14H22IN3O. The van der Waals surface area contributed by atoms with Crippen LogP contribution in [0.4, 0.5) is 0 Å². The fraction of sp³-hybridized carbons (Fsp3) is 0.357. The number of hydrogen-bond acceptors (Lipinski definition) is 2. The van der Waals surface area contributed by atoms with Gasteiger partial charge in [0.25, 0.3) is 0 Å². The van der Waals surface area contributed by atoms with Gasteiger partial charge in [-0.2, -0.15) is 0 Å². The average molecular weight is 375 g/mol. The van der Waals surface area contributed by atoms with Gasteiger partial charge in [0.2, 0.25) is 0 Å². The highest BCUT2D eigenvalue weighted by molar-refractivity contribution is 14.0. The second kappa shape index (κ2) is 9.66. The number of halogens is 1. The molecule has 1 unspecified atom stereocenters. The van der Waals surface area contributed by atoms with Crippen molar-refractivity contribution in [2.24, 2.45) is 10.7 Å². The van der Waals surface area contributed by atoms with E-state index in [0.717, 1.165) is 5.75 Å². The highest BCUT2D eigenvalue weighted by atomic mass is 127. The minimum Gasteiger partial charge on any atom is -0.489 e.